The van der Waals surface area contributed by atoms with Crippen LogP contribution in [-0.2, 0) is 4.43 Å². The number of rotatable bonds is 7. The van der Waals surface area contributed by atoms with Crippen molar-refractivity contribution in [2.24, 2.45) is 0 Å². The van der Waals surface area contributed by atoms with Gasteiger partial charge in [0, 0.05) is 5.22 Å². The highest BCUT2D eigenvalue weighted by molar-refractivity contribution is 6.85. The van der Waals surface area contributed by atoms with E-state index in [0.717, 1.165) is 0 Å². The molecule has 0 aromatic heterocycles. The lowest BCUT2D eigenvalue weighted by atomic mass is 10.3. The lowest BCUT2D eigenvalue weighted by Gasteiger charge is -2.44. The summed E-state index contributed by atoms with van der Waals surface area (Å²) in [6.45, 7) is 14.5. The number of hydrogen-bond donors (Lipinski definition) is 0. The van der Waals surface area contributed by atoms with Crippen molar-refractivity contribution in [3.63, 3.8) is 0 Å². The highest BCUT2D eigenvalue weighted by atomic mass is 28.4. The maximum Gasteiger partial charge on any atom is 0.189 e. The largest absolute Gasteiger partial charge is 0.415 e. The molecule has 3 heteroatoms. The van der Waals surface area contributed by atoms with Crippen molar-refractivity contribution in [2.45, 2.75) is 83.0 Å². The Morgan fingerprint density at radius 3 is 2.19 bits per heavy atom. The molecule has 1 fully saturated rings. The maximum atomic E-state index is 6.65. The summed E-state index contributed by atoms with van der Waals surface area (Å²) in [4.78, 5) is 0. The molecule has 1 nitrogen and oxygen atoms in total. The van der Waals surface area contributed by atoms with E-state index in [9.17, 15) is 0 Å². The Bertz CT molecular complexity index is 236. The highest BCUT2D eigenvalue weighted by Gasteiger charge is 2.52. The van der Waals surface area contributed by atoms with E-state index in [-0.39, 0.29) is 5.22 Å². The van der Waals surface area contributed by atoms with Gasteiger partial charge in [0.05, 0.1) is 8.07 Å². The molecular formula is C13H30OSi2. The summed E-state index contributed by atoms with van der Waals surface area (Å²) in [5.74, 6) is 0. The molecule has 1 unspecified atom stereocenters. The van der Waals surface area contributed by atoms with E-state index in [1.807, 2.05) is 0 Å². The monoisotopic (exact) mass is 258 g/mol. The first-order valence-electron chi connectivity index (χ1n) is 6.99. The van der Waals surface area contributed by atoms with E-state index < -0.39 is 16.4 Å². The van der Waals surface area contributed by atoms with Crippen LogP contribution in [0.15, 0.2) is 0 Å². The standard InChI is InChI=1S/C13H30OSi2/c1-7-9-10-15(4,5)13(3,8-2)14-16(6)11-12-16/h7-12H2,1-6H3. The van der Waals surface area contributed by atoms with Crippen molar-refractivity contribution < 1.29 is 4.43 Å². The summed E-state index contributed by atoms with van der Waals surface area (Å²) in [5.41, 5.74) is 0. The predicted molar refractivity (Wildman–Crippen MR) is 78.2 cm³/mol. The van der Waals surface area contributed by atoms with Crippen LogP contribution in [0, 0.1) is 0 Å². The van der Waals surface area contributed by atoms with Gasteiger partial charge in [0.2, 0.25) is 0 Å². The van der Waals surface area contributed by atoms with E-state index in [1.165, 1.54) is 37.4 Å². The van der Waals surface area contributed by atoms with Gasteiger partial charge >= 0.3 is 0 Å². The molecule has 0 saturated carbocycles. The molecule has 1 aliphatic rings. The van der Waals surface area contributed by atoms with Crippen molar-refractivity contribution >= 4 is 16.4 Å². The van der Waals surface area contributed by atoms with Crippen LogP contribution in [0.2, 0.25) is 37.8 Å². The van der Waals surface area contributed by atoms with Gasteiger partial charge < -0.3 is 4.43 Å². The second-order valence-corrected chi connectivity index (χ2v) is 16.1. The second-order valence-electron chi connectivity index (χ2n) is 6.62. The molecule has 0 bridgehead atoms. The highest BCUT2D eigenvalue weighted by Crippen LogP contribution is 2.44. The number of hydrogen-bond acceptors (Lipinski definition) is 1. The van der Waals surface area contributed by atoms with E-state index in [4.69, 9.17) is 4.43 Å². The van der Waals surface area contributed by atoms with Gasteiger partial charge in [0.15, 0.2) is 8.32 Å². The summed E-state index contributed by atoms with van der Waals surface area (Å²) in [6.07, 6.45) is 3.92. The first kappa shape index (κ1) is 14.5. The molecule has 0 radical (unpaired) electrons. The fourth-order valence-electron chi connectivity index (χ4n) is 2.39. The molecular weight excluding hydrogens is 228 g/mol. The minimum absolute atomic E-state index is 0.236. The van der Waals surface area contributed by atoms with Gasteiger partial charge in [-0.3, -0.25) is 0 Å². The van der Waals surface area contributed by atoms with E-state index >= 15 is 0 Å². The van der Waals surface area contributed by atoms with Crippen LogP contribution in [0.5, 0.6) is 0 Å². The molecule has 0 aromatic rings. The molecule has 1 heterocycles. The summed E-state index contributed by atoms with van der Waals surface area (Å²) < 4.78 is 6.65. The van der Waals surface area contributed by atoms with Crippen molar-refractivity contribution in [3.8, 4) is 0 Å². The third-order valence-electron chi connectivity index (χ3n) is 4.69. The van der Waals surface area contributed by atoms with Crippen LogP contribution < -0.4 is 0 Å². The van der Waals surface area contributed by atoms with Gasteiger partial charge in [-0.25, -0.2) is 0 Å². The van der Waals surface area contributed by atoms with Crippen LogP contribution in [0.4, 0.5) is 0 Å². The third-order valence-corrected chi connectivity index (χ3v) is 12.7. The van der Waals surface area contributed by atoms with Crippen molar-refractivity contribution in [2.75, 3.05) is 0 Å². The Labute approximate surface area is 104 Å². The summed E-state index contributed by atoms with van der Waals surface area (Å²) in [7, 11) is -2.41. The third kappa shape index (κ3) is 3.20. The Morgan fingerprint density at radius 2 is 1.81 bits per heavy atom. The van der Waals surface area contributed by atoms with Gasteiger partial charge in [-0.1, -0.05) is 45.8 Å². The molecule has 1 rings (SSSR count). The topological polar surface area (TPSA) is 9.23 Å². The molecule has 0 aromatic carbocycles. The van der Waals surface area contributed by atoms with Crippen LogP contribution in [0.3, 0.4) is 0 Å². The zero-order valence-corrected chi connectivity index (χ0v) is 14.2. The van der Waals surface area contributed by atoms with E-state index in [2.05, 4.69) is 40.4 Å². The molecule has 0 amide bonds. The molecule has 0 N–H and O–H groups in total. The fourth-order valence-corrected chi connectivity index (χ4v) is 9.81. The van der Waals surface area contributed by atoms with Crippen LogP contribution in [-0.4, -0.2) is 21.6 Å². The summed E-state index contributed by atoms with van der Waals surface area (Å²) in [5, 5.41) is 0.236. The van der Waals surface area contributed by atoms with Gasteiger partial charge in [0.1, 0.15) is 0 Å². The van der Waals surface area contributed by atoms with Crippen molar-refractivity contribution in [1.29, 1.82) is 0 Å². The number of unbranched alkanes of at least 4 members (excludes halogenated alkanes) is 1. The minimum atomic E-state index is -1.24. The van der Waals surface area contributed by atoms with Crippen molar-refractivity contribution in [1.82, 2.24) is 0 Å². The smallest absolute Gasteiger partial charge is 0.189 e. The molecule has 0 spiro atoms. The minimum Gasteiger partial charge on any atom is -0.415 e. The van der Waals surface area contributed by atoms with E-state index in [1.54, 1.807) is 0 Å². The predicted octanol–water partition coefficient (Wildman–Crippen LogP) is 4.81. The first-order valence-corrected chi connectivity index (χ1v) is 13.0. The average molecular weight is 259 g/mol. The normalized spacial score (nSPS) is 22.9. The lowest BCUT2D eigenvalue weighted by molar-refractivity contribution is 0.156. The summed E-state index contributed by atoms with van der Waals surface area (Å²) >= 11 is 0. The molecule has 16 heavy (non-hydrogen) atoms. The lowest BCUT2D eigenvalue weighted by Crippen LogP contribution is -2.56. The quantitative estimate of drug-likeness (QED) is 0.596. The van der Waals surface area contributed by atoms with Gasteiger partial charge in [-0.15, -0.1) is 0 Å². The van der Waals surface area contributed by atoms with Crippen LogP contribution in [0.25, 0.3) is 0 Å². The Morgan fingerprint density at radius 1 is 1.25 bits per heavy atom. The Kier molecular flexibility index (Phi) is 4.47. The zero-order chi connectivity index (χ0) is 12.4. The first-order chi connectivity index (χ1) is 7.29. The zero-order valence-electron chi connectivity index (χ0n) is 12.2. The summed E-state index contributed by atoms with van der Waals surface area (Å²) in [6, 6.07) is 4.24. The van der Waals surface area contributed by atoms with Gasteiger partial charge in [0.25, 0.3) is 0 Å². The van der Waals surface area contributed by atoms with Crippen LogP contribution >= 0.6 is 0 Å². The fraction of sp³-hybridized carbons (Fsp3) is 1.00. The maximum absolute atomic E-state index is 6.65. The molecule has 1 aliphatic heterocycles. The van der Waals surface area contributed by atoms with E-state index in [0.29, 0.717) is 0 Å². The van der Waals surface area contributed by atoms with Gasteiger partial charge in [-0.05, 0) is 32.0 Å². The molecule has 1 atom stereocenters. The Balaban J connectivity index is 2.68. The second kappa shape index (κ2) is 4.95. The van der Waals surface area contributed by atoms with Crippen molar-refractivity contribution in [3.05, 3.63) is 0 Å². The molecule has 0 aliphatic carbocycles. The van der Waals surface area contributed by atoms with Gasteiger partial charge in [-0.2, -0.15) is 0 Å². The molecule has 1 saturated heterocycles. The van der Waals surface area contributed by atoms with Crippen LogP contribution in [0.1, 0.15) is 40.0 Å². The average Bonchev–Trinajstić information content (AvgIpc) is 2.92. The SMILES string of the molecule is CCCC[Si](C)(C)C(C)(CC)O[Si]1(C)CC1. The molecule has 96 valence electrons. The Hall–Kier alpha value is 0.394.